The molecular weight excluding hydrogens is 444 g/mol. The number of ether oxygens (including phenoxy) is 2. The molecule has 36 heavy (non-hydrogen) atoms. The predicted octanol–water partition coefficient (Wildman–Crippen LogP) is 8.39. The average Bonchev–Trinajstić information content (AvgIpc) is 2.84. The third kappa shape index (κ3) is 5.03. The minimum absolute atomic E-state index is 0.375. The van der Waals surface area contributed by atoms with Crippen LogP contribution in [0.1, 0.15) is 53.6 Å². The summed E-state index contributed by atoms with van der Waals surface area (Å²) in [5, 5.41) is 0. The van der Waals surface area contributed by atoms with Crippen LogP contribution in [-0.2, 0) is 5.41 Å². The number of anilines is 2. The lowest BCUT2D eigenvalue weighted by Crippen LogP contribution is -2.25. The van der Waals surface area contributed by atoms with Gasteiger partial charge in [0.05, 0.1) is 0 Å². The van der Waals surface area contributed by atoms with Gasteiger partial charge < -0.3 is 20.9 Å². The van der Waals surface area contributed by atoms with Crippen molar-refractivity contribution in [3.63, 3.8) is 0 Å². The number of nitrogen functional groups attached to an aromatic ring is 2. The van der Waals surface area contributed by atoms with Crippen molar-refractivity contribution in [3.8, 4) is 23.0 Å². The lowest BCUT2D eigenvalue weighted by Gasteiger charge is -2.34. The molecule has 0 fully saturated rings. The molecule has 0 aliphatic heterocycles. The smallest absolute Gasteiger partial charge is 0.134 e. The van der Waals surface area contributed by atoms with Crippen LogP contribution in [-0.4, -0.2) is 0 Å². The largest absolute Gasteiger partial charge is 0.457 e. The van der Waals surface area contributed by atoms with Gasteiger partial charge in [-0.05, 0) is 93.8 Å². The topological polar surface area (TPSA) is 70.5 Å². The molecular formula is C32H36N2O2. The second-order valence-corrected chi connectivity index (χ2v) is 9.94. The predicted molar refractivity (Wildman–Crippen MR) is 150 cm³/mol. The SMILES string of the molecule is CCC(C)(c1cc(C)cc(C)c1Oc1ccc(N)cc1)c1cc(C)cc(C)c1Oc1ccc(N)cc1. The van der Waals surface area contributed by atoms with Crippen LogP contribution < -0.4 is 20.9 Å². The van der Waals surface area contributed by atoms with E-state index in [9.17, 15) is 0 Å². The molecule has 0 heterocycles. The highest BCUT2D eigenvalue weighted by Gasteiger charge is 2.35. The van der Waals surface area contributed by atoms with Gasteiger partial charge in [-0.3, -0.25) is 0 Å². The quantitative estimate of drug-likeness (QED) is 0.261. The molecule has 4 aromatic carbocycles. The zero-order chi connectivity index (χ0) is 26.0. The molecule has 4 rings (SSSR count). The number of hydrogen-bond donors (Lipinski definition) is 2. The van der Waals surface area contributed by atoms with E-state index in [1.807, 2.05) is 48.5 Å². The Labute approximate surface area is 214 Å². The van der Waals surface area contributed by atoms with Gasteiger partial charge in [0.2, 0.25) is 0 Å². The second-order valence-electron chi connectivity index (χ2n) is 9.94. The Balaban J connectivity index is 1.90. The van der Waals surface area contributed by atoms with Gasteiger partial charge in [0, 0.05) is 27.9 Å². The monoisotopic (exact) mass is 480 g/mol. The van der Waals surface area contributed by atoms with E-state index in [0.29, 0.717) is 11.4 Å². The second kappa shape index (κ2) is 9.98. The van der Waals surface area contributed by atoms with Crippen molar-refractivity contribution in [3.05, 3.63) is 106 Å². The first kappa shape index (κ1) is 25.2. The van der Waals surface area contributed by atoms with Crippen LogP contribution in [0.2, 0.25) is 0 Å². The summed E-state index contributed by atoms with van der Waals surface area (Å²) in [4.78, 5) is 0. The highest BCUT2D eigenvalue weighted by Crippen LogP contribution is 2.48. The number of aryl methyl sites for hydroxylation is 4. The van der Waals surface area contributed by atoms with Crippen molar-refractivity contribution in [1.82, 2.24) is 0 Å². The minimum Gasteiger partial charge on any atom is -0.457 e. The van der Waals surface area contributed by atoms with Crippen LogP contribution >= 0.6 is 0 Å². The molecule has 186 valence electrons. The molecule has 0 aliphatic rings. The van der Waals surface area contributed by atoms with Gasteiger partial charge in [0.25, 0.3) is 0 Å². The van der Waals surface area contributed by atoms with Crippen molar-refractivity contribution in [2.45, 2.75) is 53.4 Å². The molecule has 0 amide bonds. The summed E-state index contributed by atoms with van der Waals surface area (Å²) in [6.45, 7) is 13.0. The molecule has 4 N–H and O–H groups in total. The first-order chi connectivity index (χ1) is 17.1. The first-order valence-corrected chi connectivity index (χ1v) is 12.4. The van der Waals surface area contributed by atoms with Crippen LogP contribution in [0.3, 0.4) is 0 Å². The van der Waals surface area contributed by atoms with Gasteiger partial charge in [-0.2, -0.15) is 0 Å². The Bertz CT molecular complexity index is 1270. The van der Waals surface area contributed by atoms with E-state index in [1.54, 1.807) is 0 Å². The molecule has 0 spiro atoms. The maximum absolute atomic E-state index is 6.54. The van der Waals surface area contributed by atoms with Crippen molar-refractivity contribution in [2.75, 3.05) is 11.5 Å². The molecule has 0 saturated heterocycles. The fourth-order valence-corrected chi connectivity index (χ4v) is 4.83. The summed E-state index contributed by atoms with van der Waals surface area (Å²) < 4.78 is 13.1. The molecule has 0 aromatic heterocycles. The maximum atomic E-state index is 6.54. The summed E-state index contributed by atoms with van der Waals surface area (Å²) in [7, 11) is 0. The third-order valence-electron chi connectivity index (χ3n) is 6.93. The molecule has 0 atom stereocenters. The van der Waals surface area contributed by atoms with Crippen LogP contribution in [0.4, 0.5) is 11.4 Å². The Hall–Kier alpha value is -3.92. The molecule has 4 aromatic rings. The fourth-order valence-electron chi connectivity index (χ4n) is 4.83. The summed E-state index contributed by atoms with van der Waals surface area (Å²) in [5.74, 6) is 3.25. The molecule has 0 saturated carbocycles. The highest BCUT2D eigenvalue weighted by atomic mass is 16.5. The van der Waals surface area contributed by atoms with E-state index in [-0.39, 0.29) is 5.41 Å². The number of rotatable bonds is 7. The molecule has 4 nitrogen and oxygen atoms in total. The van der Waals surface area contributed by atoms with Gasteiger partial charge >= 0.3 is 0 Å². The van der Waals surface area contributed by atoms with E-state index in [1.165, 1.54) is 11.1 Å². The lowest BCUT2D eigenvalue weighted by atomic mass is 9.71. The van der Waals surface area contributed by atoms with Gasteiger partial charge in [0.15, 0.2) is 0 Å². The fraction of sp³-hybridized carbons (Fsp3) is 0.250. The zero-order valence-corrected chi connectivity index (χ0v) is 22.1. The zero-order valence-electron chi connectivity index (χ0n) is 22.1. The Kier molecular flexibility index (Phi) is 6.98. The molecule has 4 heteroatoms. The van der Waals surface area contributed by atoms with Gasteiger partial charge in [-0.15, -0.1) is 0 Å². The molecule has 0 radical (unpaired) electrons. The van der Waals surface area contributed by atoms with Gasteiger partial charge in [-0.25, -0.2) is 0 Å². The summed E-state index contributed by atoms with van der Waals surface area (Å²) >= 11 is 0. The minimum atomic E-state index is -0.375. The first-order valence-electron chi connectivity index (χ1n) is 12.4. The number of hydrogen-bond acceptors (Lipinski definition) is 4. The van der Waals surface area contributed by atoms with E-state index in [4.69, 9.17) is 20.9 Å². The normalized spacial score (nSPS) is 11.4. The average molecular weight is 481 g/mol. The number of nitrogens with two attached hydrogens (primary N) is 2. The maximum Gasteiger partial charge on any atom is 0.134 e. The van der Waals surface area contributed by atoms with Crippen molar-refractivity contribution in [2.24, 2.45) is 0 Å². The van der Waals surface area contributed by atoms with Gasteiger partial charge in [0.1, 0.15) is 23.0 Å². The van der Waals surface area contributed by atoms with E-state index in [2.05, 4.69) is 65.8 Å². The Morgan fingerprint density at radius 3 is 1.31 bits per heavy atom. The van der Waals surface area contributed by atoms with Gasteiger partial charge in [-0.1, -0.05) is 49.2 Å². The van der Waals surface area contributed by atoms with Crippen molar-refractivity contribution < 1.29 is 9.47 Å². The number of benzene rings is 4. The Morgan fingerprint density at radius 2 is 0.972 bits per heavy atom. The highest BCUT2D eigenvalue weighted by molar-refractivity contribution is 5.59. The standard InChI is InChI=1S/C32H36N2O2/c1-7-32(6,28-18-20(2)16-22(4)30(28)35-26-12-8-24(33)9-13-26)29-19-21(3)17-23(5)31(29)36-27-14-10-25(34)11-15-27/h8-19H,7,33-34H2,1-6H3. The summed E-state index contributed by atoms with van der Waals surface area (Å²) in [6, 6.07) is 23.9. The lowest BCUT2D eigenvalue weighted by molar-refractivity contribution is 0.425. The Morgan fingerprint density at radius 1 is 0.611 bits per heavy atom. The van der Waals surface area contributed by atoms with E-state index in [0.717, 1.165) is 51.7 Å². The molecule has 0 bridgehead atoms. The third-order valence-corrected chi connectivity index (χ3v) is 6.93. The van der Waals surface area contributed by atoms with Crippen LogP contribution in [0.25, 0.3) is 0 Å². The summed E-state index contributed by atoms with van der Waals surface area (Å²) in [6.07, 6.45) is 0.856. The summed E-state index contributed by atoms with van der Waals surface area (Å²) in [5.41, 5.74) is 19.7. The van der Waals surface area contributed by atoms with Crippen molar-refractivity contribution >= 4 is 11.4 Å². The van der Waals surface area contributed by atoms with Crippen molar-refractivity contribution in [1.29, 1.82) is 0 Å². The van der Waals surface area contributed by atoms with E-state index >= 15 is 0 Å². The van der Waals surface area contributed by atoms with E-state index < -0.39 is 0 Å². The van der Waals surface area contributed by atoms with Crippen LogP contribution in [0, 0.1) is 27.7 Å². The van der Waals surface area contributed by atoms with Crippen LogP contribution in [0.15, 0.2) is 72.8 Å². The molecule has 0 aliphatic carbocycles. The molecule has 0 unspecified atom stereocenters. The van der Waals surface area contributed by atoms with Crippen LogP contribution in [0.5, 0.6) is 23.0 Å².